The van der Waals surface area contributed by atoms with Crippen LogP contribution in [0.4, 0.5) is 11.4 Å². The van der Waals surface area contributed by atoms with Gasteiger partial charge in [-0.25, -0.2) is 5.01 Å². The summed E-state index contributed by atoms with van der Waals surface area (Å²) in [5, 5.41) is 6.76. The minimum absolute atomic E-state index is 0.367. The number of anilines is 2. The highest BCUT2D eigenvalue weighted by molar-refractivity contribution is 9.10. The second-order valence-electron chi connectivity index (χ2n) is 8.36. The number of methoxy groups -OCH3 is 1. The van der Waals surface area contributed by atoms with Gasteiger partial charge < -0.3 is 4.74 Å². The normalized spacial score (nSPS) is 12.8. The number of hydrazone groups is 1. The summed E-state index contributed by atoms with van der Waals surface area (Å²) in [6.45, 7) is 2.03. The molecule has 4 nitrogen and oxygen atoms in total. The van der Waals surface area contributed by atoms with E-state index in [0.29, 0.717) is 6.42 Å². The Hall–Kier alpha value is -3.70. The molecule has 4 aromatic rings. The lowest BCUT2D eigenvalue weighted by atomic mass is 9.76. The van der Waals surface area contributed by atoms with Gasteiger partial charge in [0, 0.05) is 10.7 Å². The maximum Gasteiger partial charge on any atom is 0.322 e. The van der Waals surface area contributed by atoms with E-state index < -0.39 is 5.41 Å². The Morgan fingerprint density at radius 1 is 0.857 bits per heavy atom. The van der Waals surface area contributed by atoms with E-state index in [1.54, 1.807) is 6.21 Å². The van der Waals surface area contributed by atoms with Crippen LogP contribution in [-0.4, -0.2) is 19.3 Å². The van der Waals surface area contributed by atoms with Crippen LogP contribution in [0.25, 0.3) is 0 Å². The number of carbonyl (C=O) groups is 1. The molecule has 0 bridgehead atoms. The van der Waals surface area contributed by atoms with Crippen LogP contribution in [0.5, 0.6) is 0 Å². The quantitative estimate of drug-likeness (QED) is 0.138. The molecule has 176 valence electrons. The van der Waals surface area contributed by atoms with Crippen molar-refractivity contribution in [3.05, 3.63) is 130 Å². The Kier molecular flexibility index (Phi) is 7.78. The summed E-state index contributed by atoms with van der Waals surface area (Å²) in [6.07, 6.45) is 2.13. The summed E-state index contributed by atoms with van der Waals surface area (Å²) in [4.78, 5) is 13.5. The lowest BCUT2D eigenvalue weighted by molar-refractivity contribution is -0.144. The van der Waals surface area contributed by atoms with Crippen molar-refractivity contribution < 1.29 is 9.53 Å². The maximum absolute atomic E-state index is 13.5. The Bertz CT molecular complexity index is 1230. The molecule has 0 amide bonds. The molecule has 0 radical (unpaired) electrons. The van der Waals surface area contributed by atoms with Gasteiger partial charge in [0.05, 0.1) is 18.5 Å². The summed E-state index contributed by atoms with van der Waals surface area (Å²) in [5.74, 6) is -0.367. The zero-order chi connectivity index (χ0) is 24.7. The average Bonchev–Trinajstić information content (AvgIpc) is 2.90. The van der Waals surface area contributed by atoms with Crippen molar-refractivity contribution in [3.63, 3.8) is 0 Å². The van der Waals surface area contributed by atoms with Crippen molar-refractivity contribution in [2.24, 2.45) is 5.10 Å². The summed E-state index contributed by atoms with van der Waals surface area (Å²) < 4.78 is 6.36. The Morgan fingerprint density at radius 2 is 1.40 bits per heavy atom. The van der Waals surface area contributed by atoms with Crippen LogP contribution >= 0.6 is 15.9 Å². The average molecular weight is 527 g/mol. The van der Waals surface area contributed by atoms with Gasteiger partial charge in [0.25, 0.3) is 0 Å². The van der Waals surface area contributed by atoms with Crippen molar-refractivity contribution >= 4 is 39.5 Å². The van der Waals surface area contributed by atoms with Gasteiger partial charge in [-0.1, -0.05) is 94.3 Å². The van der Waals surface area contributed by atoms with Gasteiger partial charge in [0.1, 0.15) is 5.41 Å². The van der Waals surface area contributed by atoms with Crippen LogP contribution in [0.2, 0.25) is 0 Å². The van der Waals surface area contributed by atoms with Gasteiger partial charge in [-0.2, -0.15) is 5.10 Å². The zero-order valence-corrected chi connectivity index (χ0v) is 21.4. The van der Waals surface area contributed by atoms with Crippen molar-refractivity contribution in [1.82, 2.24) is 0 Å². The Balaban J connectivity index is 1.87. The molecule has 35 heavy (non-hydrogen) atoms. The monoisotopic (exact) mass is 526 g/mol. The van der Waals surface area contributed by atoms with Gasteiger partial charge >= 0.3 is 5.97 Å². The molecule has 0 aliphatic carbocycles. The van der Waals surface area contributed by atoms with Crippen molar-refractivity contribution in [3.8, 4) is 0 Å². The molecule has 0 unspecified atom stereocenters. The van der Waals surface area contributed by atoms with Crippen LogP contribution in [0.1, 0.15) is 16.7 Å². The first-order valence-corrected chi connectivity index (χ1v) is 12.2. The molecular weight excluding hydrogens is 500 g/mol. The third kappa shape index (κ3) is 5.69. The number of rotatable bonds is 8. The minimum Gasteiger partial charge on any atom is -0.468 e. The van der Waals surface area contributed by atoms with E-state index in [-0.39, 0.29) is 5.97 Å². The van der Waals surface area contributed by atoms with Crippen molar-refractivity contribution in [2.45, 2.75) is 18.8 Å². The second kappa shape index (κ2) is 11.2. The molecule has 0 aromatic heterocycles. The molecule has 1 atom stereocenters. The topological polar surface area (TPSA) is 41.9 Å². The van der Waals surface area contributed by atoms with Gasteiger partial charge in [0.2, 0.25) is 0 Å². The molecule has 0 spiro atoms. The van der Waals surface area contributed by atoms with E-state index >= 15 is 0 Å². The van der Waals surface area contributed by atoms with E-state index in [1.807, 2.05) is 121 Å². The number of halogens is 1. The molecule has 0 saturated carbocycles. The summed E-state index contributed by atoms with van der Waals surface area (Å²) in [6, 6.07) is 35.7. The third-order valence-corrected chi connectivity index (χ3v) is 6.44. The molecule has 0 saturated heterocycles. The minimum atomic E-state index is -1.13. The highest BCUT2D eigenvalue weighted by Crippen LogP contribution is 2.32. The van der Waals surface area contributed by atoms with Crippen LogP contribution in [0.15, 0.2) is 119 Å². The summed E-state index contributed by atoms with van der Waals surface area (Å²) in [5.41, 5.74) is 3.59. The number of para-hydroxylation sites is 2. The van der Waals surface area contributed by atoms with Crippen molar-refractivity contribution in [2.75, 3.05) is 12.1 Å². The largest absolute Gasteiger partial charge is 0.468 e. The SMILES string of the molecule is COC(=O)[C@](/C=N/N(c1ccccc1)c1ccccc1)(Cc1ccc(Br)cc1)c1ccc(C)cc1. The first-order valence-electron chi connectivity index (χ1n) is 11.4. The number of hydrogen-bond acceptors (Lipinski definition) is 4. The molecule has 0 aliphatic heterocycles. The van der Waals surface area contributed by atoms with Crippen LogP contribution in [-0.2, 0) is 21.4 Å². The van der Waals surface area contributed by atoms with E-state index in [2.05, 4.69) is 15.9 Å². The number of aryl methyl sites for hydroxylation is 1. The standard InChI is InChI=1S/C30H27BrN2O2/c1-23-13-17-25(18-14-23)30(29(34)35-2,21-24-15-19-26(31)20-16-24)22-32-33(27-9-5-3-6-10-27)28-11-7-4-8-12-28/h3-20,22H,21H2,1-2H3/b32-22+/t30-/m0/s1. The first-order chi connectivity index (χ1) is 17.0. The fourth-order valence-corrected chi connectivity index (χ4v) is 4.26. The predicted octanol–water partition coefficient (Wildman–Crippen LogP) is 7.24. The number of hydrogen-bond donors (Lipinski definition) is 0. The molecule has 0 N–H and O–H groups in total. The molecule has 4 aromatic carbocycles. The molecular formula is C30H27BrN2O2. The lowest BCUT2D eigenvalue weighted by Crippen LogP contribution is -2.41. The summed E-state index contributed by atoms with van der Waals surface area (Å²) >= 11 is 3.50. The van der Waals surface area contributed by atoms with Crippen molar-refractivity contribution in [1.29, 1.82) is 0 Å². The lowest BCUT2D eigenvalue weighted by Gasteiger charge is -2.29. The zero-order valence-electron chi connectivity index (χ0n) is 19.8. The summed E-state index contributed by atoms with van der Waals surface area (Å²) in [7, 11) is 1.42. The molecule has 4 rings (SSSR count). The fourth-order valence-electron chi connectivity index (χ4n) is 4.00. The van der Waals surface area contributed by atoms with Crippen LogP contribution in [0, 0.1) is 6.92 Å². The van der Waals surface area contributed by atoms with Crippen LogP contribution < -0.4 is 5.01 Å². The van der Waals surface area contributed by atoms with E-state index in [1.165, 1.54) is 7.11 Å². The van der Waals surface area contributed by atoms with Crippen LogP contribution in [0.3, 0.4) is 0 Å². The van der Waals surface area contributed by atoms with Gasteiger partial charge in [0.15, 0.2) is 0 Å². The predicted molar refractivity (Wildman–Crippen MR) is 146 cm³/mol. The molecule has 5 heteroatoms. The number of ether oxygens (including phenoxy) is 1. The number of esters is 1. The highest BCUT2D eigenvalue weighted by atomic mass is 79.9. The van der Waals surface area contributed by atoms with Gasteiger partial charge in [-0.15, -0.1) is 0 Å². The Morgan fingerprint density at radius 3 is 1.91 bits per heavy atom. The second-order valence-corrected chi connectivity index (χ2v) is 9.28. The first kappa shape index (κ1) is 24.4. The van der Waals surface area contributed by atoms with Gasteiger partial charge in [-0.05, 0) is 60.9 Å². The molecule has 0 fully saturated rings. The molecule has 0 aliphatic rings. The Labute approximate surface area is 215 Å². The third-order valence-electron chi connectivity index (χ3n) is 5.91. The number of benzene rings is 4. The smallest absolute Gasteiger partial charge is 0.322 e. The van der Waals surface area contributed by atoms with E-state index in [9.17, 15) is 4.79 Å². The highest BCUT2D eigenvalue weighted by Gasteiger charge is 2.41. The molecule has 0 heterocycles. The van der Waals surface area contributed by atoms with E-state index in [0.717, 1.165) is 32.5 Å². The van der Waals surface area contributed by atoms with Gasteiger partial charge in [-0.3, -0.25) is 4.79 Å². The number of carbonyl (C=O) groups excluding carboxylic acids is 1. The van der Waals surface area contributed by atoms with E-state index in [4.69, 9.17) is 9.84 Å². The maximum atomic E-state index is 13.5. The number of nitrogens with zero attached hydrogens (tertiary/aromatic N) is 2. The fraction of sp³-hybridized carbons (Fsp3) is 0.133.